The van der Waals surface area contributed by atoms with E-state index in [9.17, 15) is 4.79 Å². The molecule has 0 bridgehead atoms. The van der Waals surface area contributed by atoms with Crippen LogP contribution in [-0.2, 0) is 4.79 Å². The molecule has 0 radical (unpaired) electrons. The van der Waals surface area contributed by atoms with Crippen molar-refractivity contribution in [1.29, 1.82) is 0 Å². The molecule has 0 unspecified atom stereocenters. The van der Waals surface area contributed by atoms with E-state index in [0.29, 0.717) is 11.7 Å². The molecule has 0 aromatic rings. The topological polar surface area (TPSA) is 17.1 Å². The van der Waals surface area contributed by atoms with E-state index >= 15 is 0 Å². The molecule has 1 aliphatic rings. The minimum atomic E-state index is 0.412. The summed E-state index contributed by atoms with van der Waals surface area (Å²) < 4.78 is 0. The van der Waals surface area contributed by atoms with Gasteiger partial charge in [0.15, 0.2) is 0 Å². The molecule has 0 heterocycles. The number of ketones is 1. The van der Waals surface area contributed by atoms with Crippen molar-refractivity contribution >= 4 is 17.5 Å². The lowest BCUT2D eigenvalue weighted by molar-refractivity contribution is -0.122. The fraction of sp³-hybridized carbons (Fsp3) is 0.909. The van der Waals surface area contributed by atoms with E-state index in [-0.39, 0.29) is 0 Å². The summed E-state index contributed by atoms with van der Waals surface area (Å²) in [4.78, 5) is 11.7. The second kappa shape index (κ2) is 6.47. The maximum absolute atomic E-state index is 11.7. The van der Waals surface area contributed by atoms with Crippen LogP contribution in [0.5, 0.6) is 0 Å². The fourth-order valence-corrected chi connectivity index (χ4v) is 2.41. The molecule has 0 amide bonds. The van der Waals surface area contributed by atoms with E-state index in [1.165, 1.54) is 25.7 Å². The molecule has 0 atom stereocenters. The number of hydrogen-bond acceptors (Lipinski definition) is 2. The van der Waals surface area contributed by atoms with E-state index in [2.05, 4.69) is 6.26 Å². The quantitative estimate of drug-likeness (QED) is 0.648. The lowest BCUT2D eigenvalue weighted by Crippen LogP contribution is -2.14. The Kier molecular flexibility index (Phi) is 5.52. The molecule has 1 aliphatic carbocycles. The van der Waals surface area contributed by atoms with Gasteiger partial charge in [0, 0.05) is 12.3 Å². The lowest BCUT2D eigenvalue weighted by atomic mass is 9.94. The van der Waals surface area contributed by atoms with Crippen molar-refractivity contribution in [2.75, 3.05) is 12.0 Å². The molecule has 0 aliphatic heterocycles. The first kappa shape index (κ1) is 11.1. The molecule has 0 aromatic heterocycles. The zero-order valence-electron chi connectivity index (χ0n) is 8.55. The first-order valence-corrected chi connectivity index (χ1v) is 6.75. The Balaban J connectivity index is 2.26. The zero-order chi connectivity index (χ0) is 9.52. The van der Waals surface area contributed by atoms with Crippen LogP contribution in [0.25, 0.3) is 0 Å². The van der Waals surface area contributed by atoms with Gasteiger partial charge in [-0.15, -0.1) is 0 Å². The summed E-state index contributed by atoms with van der Waals surface area (Å²) in [5, 5.41) is 0. The van der Waals surface area contributed by atoms with Crippen LogP contribution in [0, 0.1) is 5.92 Å². The van der Waals surface area contributed by atoms with Crippen LogP contribution in [0.2, 0.25) is 0 Å². The lowest BCUT2D eigenvalue weighted by Gasteiger charge is -2.11. The van der Waals surface area contributed by atoms with Crippen LogP contribution >= 0.6 is 11.8 Å². The SMILES string of the molecule is CSCCC(=O)C1CCCCCC1. The van der Waals surface area contributed by atoms with Gasteiger partial charge in [0.25, 0.3) is 0 Å². The molecule has 2 heteroatoms. The Morgan fingerprint density at radius 2 is 1.85 bits per heavy atom. The molecule has 0 spiro atoms. The predicted molar refractivity (Wildman–Crippen MR) is 59.2 cm³/mol. The summed E-state index contributed by atoms with van der Waals surface area (Å²) in [5.41, 5.74) is 0. The second-order valence-electron chi connectivity index (χ2n) is 3.90. The highest BCUT2D eigenvalue weighted by Gasteiger charge is 2.18. The van der Waals surface area contributed by atoms with Crippen LogP contribution in [0.1, 0.15) is 44.9 Å². The highest BCUT2D eigenvalue weighted by Crippen LogP contribution is 2.24. The van der Waals surface area contributed by atoms with Crippen LogP contribution in [0.15, 0.2) is 0 Å². The highest BCUT2D eigenvalue weighted by molar-refractivity contribution is 7.98. The van der Waals surface area contributed by atoms with Crippen LogP contribution in [0.4, 0.5) is 0 Å². The van der Waals surface area contributed by atoms with Gasteiger partial charge >= 0.3 is 0 Å². The number of carbonyl (C=O) groups excluding carboxylic acids is 1. The molecule has 1 fully saturated rings. The van der Waals surface area contributed by atoms with Gasteiger partial charge in [-0.25, -0.2) is 0 Å². The van der Waals surface area contributed by atoms with Crippen molar-refractivity contribution in [3.63, 3.8) is 0 Å². The van der Waals surface area contributed by atoms with Gasteiger partial charge in [-0.3, -0.25) is 4.79 Å². The van der Waals surface area contributed by atoms with Crippen molar-refractivity contribution in [2.24, 2.45) is 5.92 Å². The van der Waals surface area contributed by atoms with Crippen molar-refractivity contribution in [3.05, 3.63) is 0 Å². The van der Waals surface area contributed by atoms with Crippen LogP contribution in [0.3, 0.4) is 0 Å². The summed E-state index contributed by atoms with van der Waals surface area (Å²) in [6.07, 6.45) is 10.4. The van der Waals surface area contributed by atoms with E-state index < -0.39 is 0 Å². The summed E-state index contributed by atoms with van der Waals surface area (Å²) in [7, 11) is 0. The van der Waals surface area contributed by atoms with Crippen LogP contribution in [-0.4, -0.2) is 17.8 Å². The first-order chi connectivity index (χ1) is 6.34. The third-order valence-corrected chi connectivity index (χ3v) is 3.48. The summed E-state index contributed by atoms with van der Waals surface area (Å²) in [6.45, 7) is 0. The van der Waals surface area contributed by atoms with Gasteiger partial charge in [0.1, 0.15) is 5.78 Å². The van der Waals surface area contributed by atoms with E-state index in [4.69, 9.17) is 0 Å². The molecular weight excluding hydrogens is 180 g/mol. The summed E-state index contributed by atoms with van der Waals surface area (Å²) in [5.74, 6) is 1.95. The third kappa shape index (κ3) is 4.17. The average molecular weight is 200 g/mol. The van der Waals surface area contributed by atoms with E-state index in [1.807, 2.05) is 0 Å². The van der Waals surface area contributed by atoms with E-state index in [0.717, 1.165) is 25.0 Å². The summed E-state index contributed by atoms with van der Waals surface area (Å²) >= 11 is 1.78. The minimum Gasteiger partial charge on any atom is -0.299 e. The van der Waals surface area contributed by atoms with Crippen molar-refractivity contribution in [1.82, 2.24) is 0 Å². The molecule has 0 aromatic carbocycles. The molecule has 1 rings (SSSR count). The monoisotopic (exact) mass is 200 g/mol. The molecule has 0 N–H and O–H groups in total. The minimum absolute atomic E-state index is 0.412. The van der Waals surface area contributed by atoms with E-state index in [1.54, 1.807) is 11.8 Å². The van der Waals surface area contributed by atoms with Crippen LogP contribution < -0.4 is 0 Å². The van der Waals surface area contributed by atoms with Gasteiger partial charge < -0.3 is 0 Å². The number of thioether (sulfide) groups is 1. The Bertz CT molecular complexity index is 148. The normalized spacial score (nSPS) is 19.8. The van der Waals surface area contributed by atoms with Gasteiger partial charge in [0.05, 0.1) is 0 Å². The Morgan fingerprint density at radius 1 is 1.23 bits per heavy atom. The predicted octanol–water partition coefficient (Wildman–Crippen LogP) is 3.28. The average Bonchev–Trinajstić information content (AvgIpc) is 2.42. The number of carbonyl (C=O) groups is 1. The third-order valence-electron chi connectivity index (χ3n) is 2.86. The maximum atomic E-state index is 11.7. The standard InChI is InChI=1S/C11H20OS/c1-13-9-8-11(12)10-6-4-2-3-5-7-10/h10H,2-9H2,1H3. The molecule has 13 heavy (non-hydrogen) atoms. The summed E-state index contributed by atoms with van der Waals surface area (Å²) in [6, 6.07) is 0. The Morgan fingerprint density at radius 3 is 2.38 bits per heavy atom. The largest absolute Gasteiger partial charge is 0.299 e. The highest BCUT2D eigenvalue weighted by atomic mass is 32.2. The second-order valence-corrected chi connectivity index (χ2v) is 4.88. The van der Waals surface area contributed by atoms with Gasteiger partial charge in [-0.2, -0.15) is 11.8 Å². The Labute approximate surface area is 85.7 Å². The smallest absolute Gasteiger partial charge is 0.136 e. The Hall–Kier alpha value is 0.0200. The van der Waals surface area contributed by atoms with Gasteiger partial charge in [0.2, 0.25) is 0 Å². The molecule has 76 valence electrons. The zero-order valence-corrected chi connectivity index (χ0v) is 9.37. The first-order valence-electron chi connectivity index (χ1n) is 5.36. The number of rotatable bonds is 4. The fourth-order valence-electron chi connectivity index (χ4n) is 2.01. The molecule has 0 saturated heterocycles. The molecule has 1 saturated carbocycles. The van der Waals surface area contributed by atoms with Crippen molar-refractivity contribution < 1.29 is 4.79 Å². The molecular formula is C11H20OS. The van der Waals surface area contributed by atoms with Gasteiger partial charge in [-0.1, -0.05) is 25.7 Å². The number of hydrogen-bond donors (Lipinski definition) is 0. The van der Waals surface area contributed by atoms with Crippen molar-refractivity contribution in [3.8, 4) is 0 Å². The van der Waals surface area contributed by atoms with Gasteiger partial charge in [-0.05, 0) is 24.9 Å². The maximum Gasteiger partial charge on any atom is 0.136 e. The number of Topliss-reactive ketones (excluding diaryl/α,β-unsaturated/α-hetero) is 1. The molecule has 1 nitrogen and oxygen atoms in total. The van der Waals surface area contributed by atoms with Crippen molar-refractivity contribution in [2.45, 2.75) is 44.9 Å².